The molecule has 270 valence electrons. The zero-order valence-corrected chi connectivity index (χ0v) is 28.6. The lowest BCUT2D eigenvalue weighted by Crippen LogP contribution is -2.42. The third kappa shape index (κ3) is 5.69. The lowest BCUT2D eigenvalue weighted by Gasteiger charge is -2.43. The first-order valence-corrected chi connectivity index (χ1v) is 18.0. The number of imide groups is 1. The van der Waals surface area contributed by atoms with Crippen LogP contribution >= 0.6 is 34.7 Å². The molecule has 4 aliphatic rings. The Morgan fingerprint density at radius 3 is 2.38 bits per heavy atom. The van der Waals surface area contributed by atoms with E-state index in [9.17, 15) is 45.5 Å². The fraction of sp³-hybridized carbons (Fsp3) is 0.314. The van der Waals surface area contributed by atoms with Crippen LogP contribution in [0.4, 0.5) is 37.7 Å². The van der Waals surface area contributed by atoms with Crippen molar-refractivity contribution in [3.63, 3.8) is 0 Å². The molecule has 8 rings (SSSR count). The summed E-state index contributed by atoms with van der Waals surface area (Å²) in [6.07, 6.45) is -8.91. The molecule has 6 unspecified atom stereocenters. The topological polar surface area (TPSA) is 109 Å². The number of nitrogens with one attached hydrogen (secondary N) is 2. The summed E-state index contributed by atoms with van der Waals surface area (Å²) in [6.45, 7) is -0.678. The summed E-state index contributed by atoms with van der Waals surface area (Å²) in [7, 11) is 0. The summed E-state index contributed by atoms with van der Waals surface area (Å²) >= 11 is 8.83. The summed E-state index contributed by atoms with van der Waals surface area (Å²) in [5.74, 6) is -5.18. The number of thiazole rings is 1. The number of rotatable bonds is 6. The van der Waals surface area contributed by atoms with E-state index >= 15 is 0 Å². The Morgan fingerprint density at radius 2 is 1.65 bits per heavy atom. The Balaban J connectivity index is 1.12. The first-order valence-electron chi connectivity index (χ1n) is 15.9. The fourth-order valence-electron chi connectivity index (χ4n) is 8.50. The van der Waals surface area contributed by atoms with Crippen molar-refractivity contribution in [3.05, 3.63) is 103 Å². The third-order valence-electron chi connectivity index (χ3n) is 10.3. The van der Waals surface area contributed by atoms with Gasteiger partial charge in [-0.3, -0.25) is 24.1 Å². The normalized spacial score (nSPS) is 26.3. The summed E-state index contributed by atoms with van der Waals surface area (Å²) in [5, 5.41) is 2.80. The number of nitrogens with zero attached hydrogens (tertiary/aromatic N) is 1. The minimum Gasteiger partial charge on any atom is -0.483 e. The van der Waals surface area contributed by atoms with Gasteiger partial charge in [0.05, 0.1) is 39.4 Å². The number of anilines is 2. The zero-order valence-electron chi connectivity index (χ0n) is 26.3. The lowest BCUT2D eigenvalue weighted by atomic mass is 9.68. The molecular formula is C35H24ClF6N3O5S2. The van der Waals surface area contributed by atoms with Crippen LogP contribution in [0.2, 0.25) is 5.02 Å². The van der Waals surface area contributed by atoms with E-state index in [1.807, 2.05) is 0 Å². The van der Waals surface area contributed by atoms with Crippen molar-refractivity contribution < 1.29 is 45.5 Å². The Kier molecular flexibility index (Phi) is 8.30. The minimum absolute atomic E-state index is 0.157. The van der Waals surface area contributed by atoms with Gasteiger partial charge in [-0.05, 0) is 72.7 Å². The number of hydrogen-bond donors (Lipinski definition) is 2. The third-order valence-corrected chi connectivity index (χ3v) is 13.2. The van der Waals surface area contributed by atoms with E-state index < -0.39 is 77.2 Å². The number of H-pyrrole nitrogens is 1. The van der Waals surface area contributed by atoms with Crippen molar-refractivity contribution in [2.24, 2.45) is 29.6 Å². The highest BCUT2D eigenvalue weighted by molar-refractivity contribution is 8.00. The molecule has 3 aromatic carbocycles. The van der Waals surface area contributed by atoms with Crippen molar-refractivity contribution in [2.75, 3.05) is 16.8 Å². The van der Waals surface area contributed by atoms with Crippen LogP contribution in [0.1, 0.15) is 33.9 Å². The maximum atomic E-state index is 14.1. The number of hydrogen-bond acceptors (Lipinski definition) is 7. The number of ether oxygens (including phenoxy) is 1. The molecule has 4 aromatic rings. The second-order valence-electron chi connectivity index (χ2n) is 13.1. The fourth-order valence-corrected chi connectivity index (χ4v) is 11.6. The van der Waals surface area contributed by atoms with E-state index in [-0.39, 0.29) is 38.4 Å². The van der Waals surface area contributed by atoms with Crippen LogP contribution in [0.3, 0.4) is 0 Å². The van der Waals surface area contributed by atoms with Gasteiger partial charge in [0.2, 0.25) is 11.8 Å². The maximum absolute atomic E-state index is 14.1. The largest absolute Gasteiger partial charge is 0.483 e. The van der Waals surface area contributed by atoms with Crippen LogP contribution < -0.4 is 19.8 Å². The standard InChI is InChI=1S/C35H24ClF6N3O5S2/c36-15-8-9-22(50-13-23(46)43-21-7-2-1-6-20(21)35(40,41)42)17(11-15)24-25-18-12-19(28(25)51-30-29(24)52-33(49)44-30)27-26(18)31(47)45(32(27)48)16-5-3-4-14(10-16)34(37,38)39/h1-11,18-19,24-28H,12-13H2,(H,43,46)(H,44,49)/t18?,19?,24-,25?,26?,27?,28?/m1/s1. The summed E-state index contributed by atoms with van der Waals surface area (Å²) in [5.41, 5.74) is -2.15. The zero-order chi connectivity index (χ0) is 36.9. The predicted octanol–water partition coefficient (Wildman–Crippen LogP) is 7.82. The summed E-state index contributed by atoms with van der Waals surface area (Å²) in [6, 6.07) is 13.2. The van der Waals surface area contributed by atoms with Crippen molar-refractivity contribution in [3.8, 4) is 5.75 Å². The van der Waals surface area contributed by atoms with Crippen molar-refractivity contribution in [1.29, 1.82) is 0 Å². The number of carbonyl (C=O) groups excluding carboxylic acids is 3. The lowest BCUT2D eigenvalue weighted by molar-refractivity contribution is -0.138. The van der Waals surface area contributed by atoms with Gasteiger partial charge in [0, 0.05) is 26.6 Å². The molecule has 1 aromatic heterocycles. The molecule has 17 heteroatoms. The van der Waals surface area contributed by atoms with Crippen LogP contribution in [-0.2, 0) is 26.7 Å². The minimum atomic E-state index is -4.71. The summed E-state index contributed by atoms with van der Waals surface area (Å²) < 4.78 is 87.2. The highest BCUT2D eigenvalue weighted by atomic mass is 35.5. The Bertz CT molecular complexity index is 2210. The number of carbonyl (C=O) groups is 3. The van der Waals surface area contributed by atoms with Crippen LogP contribution in [-0.4, -0.2) is 34.6 Å². The van der Waals surface area contributed by atoms with E-state index in [2.05, 4.69) is 10.3 Å². The smallest absolute Gasteiger partial charge is 0.418 e. The molecule has 1 saturated heterocycles. The van der Waals surface area contributed by atoms with Gasteiger partial charge >= 0.3 is 17.2 Å². The predicted molar refractivity (Wildman–Crippen MR) is 179 cm³/mol. The van der Waals surface area contributed by atoms with Gasteiger partial charge < -0.3 is 15.0 Å². The van der Waals surface area contributed by atoms with E-state index in [0.29, 0.717) is 21.9 Å². The number of aromatic nitrogens is 1. The molecule has 2 N–H and O–H groups in total. The molecular weight excluding hydrogens is 756 g/mol. The first-order chi connectivity index (χ1) is 24.6. The van der Waals surface area contributed by atoms with Crippen molar-refractivity contribution in [2.45, 2.75) is 35.0 Å². The van der Waals surface area contributed by atoms with Gasteiger partial charge in [-0.15, -0.1) is 11.8 Å². The number of fused-ring (bicyclic) bond motifs is 9. The molecule has 2 aliphatic carbocycles. The van der Waals surface area contributed by atoms with Gasteiger partial charge in [-0.25, -0.2) is 0 Å². The highest BCUT2D eigenvalue weighted by Gasteiger charge is 2.70. The molecule has 8 nitrogen and oxygen atoms in total. The number of halogens is 7. The quantitative estimate of drug-likeness (QED) is 0.153. The Hall–Kier alpha value is -4.28. The second kappa shape index (κ2) is 12.4. The number of thioether (sulfide) groups is 1. The number of benzene rings is 3. The number of alkyl halides is 6. The molecule has 0 spiro atoms. The van der Waals surface area contributed by atoms with Gasteiger partial charge in [0.25, 0.3) is 5.91 Å². The molecule has 2 saturated carbocycles. The van der Waals surface area contributed by atoms with Crippen molar-refractivity contribution >= 4 is 63.8 Å². The van der Waals surface area contributed by atoms with Crippen LogP contribution in [0.25, 0.3) is 0 Å². The van der Waals surface area contributed by atoms with Crippen molar-refractivity contribution in [1.82, 2.24) is 4.98 Å². The van der Waals surface area contributed by atoms with Crippen LogP contribution in [0.5, 0.6) is 5.75 Å². The summed E-state index contributed by atoms with van der Waals surface area (Å²) in [4.78, 5) is 57.6. The van der Waals surface area contributed by atoms with E-state index in [1.54, 1.807) is 6.07 Å². The Labute approximate surface area is 303 Å². The Morgan fingerprint density at radius 1 is 0.923 bits per heavy atom. The van der Waals surface area contributed by atoms with E-state index in [0.717, 1.165) is 46.6 Å². The number of para-hydroxylation sites is 1. The molecule has 2 aliphatic heterocycles. The maximum Gasteiger partial charge on any atom is 0.418 e. The molecule has 3 amide bonds. The highest BCUT2D eigenvalue weighted by Crippen LogP contribution is 2.69. The van der Waals surface area contributed by atoms with Crippen LogP contribution in [0, 0.1) is 29.6 Å². The number of amides is 3. The van der Waals surface area contributed by atoms with Gasteiger partial charge in [-0.2, -0.15) is 26.3 Å². The molecule has 3 heterocycles. The van der Waals surface area contributed by atoms with E-state index in [1.165, 1.54) is 42.1 Å². The van der Waals surface area contributed by atoms with Gasteiger partial charge in [-0.1, -0.05) is 41.1 Å². The second-order valence-corrected chi connectivity index (χ2v) is 15.7. The average molecular weight is 780 g/mol. The monoisotopic (exact) mass is 779 g/mol. The molecule has 7 atom stereocenters. The molecule has 0 radical (unpaired) electrons. The van der Waals surface area contributed by atoms with Gasteiger partial charge in [0.15, 0.2) is 6.61 Å². The van der Waals surface area contributed by atoms with Crippen LogP contribution in [0.15, 0.2) is 76.6 Å². The van der Waals surface area contributed by atoms with Gasteiger partial charge in [0.1, 0.15) is 5.75 Å². The molecule has 52 heavy (non-hydrogen) atoms. The molecule has 3 fully saturated rings. The van der Waals surface area contributed by atoms with E-state index in [4.69, 9.17) is 16.3 Å². The average Bonchev–Trinajstić information content (AvgIpc) is 3.82. The number of aromatic amines is 1. The first kappa shape index (κ1) is 34.8. The molecule has 2 bridgehead atoms. The SMILES string of the molecule is O=C(COc1ccc(Cl)cc1[C@H]1c2sc(=O)[nH]c2SC2C3CC(C4C(=O)N(c5cccc(C(F)(F)F)c5)C(=O)C34)C21)Nc1ccccc1C(F)(F)F.